The summed E-state index contributed by atoms with van der Waals surface area (Å²) < 4.78 is 15.7. The number of rotatable bonds is 7. The fraction of sp³-hybridized carbons (Fsp3) is 0.294. The predicted octanol–water partition coefficient (Wildman–Crippen LogP) is 1.71. The zero-order valence-corrected chi connectivity index (χ0v) is 16.0. The average molecular weight is 390 g/mol. The molecule has 0 aliphatic carbocycles. The number of amides is 1. The number of aromatic nitrogens is 2. The fourth-order valence-electron chi connectivity index (χ4n) is 2.28. The van der Waals surface area contributed by atoms with E-state index in [1.165, 1.54) is 21.3 Å². The van der Waals surface area contributed by atoms with Gasteiger partial charge in [0, 0.05) is 23.5 Å². The summed E-state index contributed by atoms with van der Waals surface area (Å²) in [6.45, 7) is 1.60. The van der Waals surface area contributed by atoms with Crippen molar-refractivity contribution >= 4 is 23.4 Å². The topological polar surface area (TPSA) is 126 Å². The number of aromatic amines is 1. The Morgan fingerprint density at radius 2 is 1.89 bits per heavy atom. The van der Waals surface area contributed by atoms with Crippen LogP contribution in [0.25, 0.3) is 0 Å². The van der Waals surface area contributed by atoms with Crippen molar-refractivity contribution in [2.24, 2.45) is 0 Å². The summed E-state index contributed by atoms with van der Waals surface area (Å²) in [7, 11) is 4.44. The van der Waals surface area contributed by atoms with E-state index >= 15 is 0 Å². The maximum absolute atomic E-state index is 12.3. The summed E-state index contributed by atoms with van der Waals surface area (Å²) in [4.78, 5) is 30.0. The number of H-pyrrole nitrogens is 1. The van der Waals surface area contributed by atoms with E-state index in [4.69, 9.17) is 14.2 Å². The van der Waals surface area contributed by atoms with E-state index in [1.807, 2.05) is 6.07 Å². The first kappa shape index (κ1) is 20.1. The Morgan fingerprint density at radius 3 is 2.41 bits per heavy atom. The Bertz CT molecular complexity index is 926. The number of methoxy groups -OCH3 is 3. The first-order valence-corrected chi connectivity index (χ1v) is 8.65. The molecule has 0 fully saturated rings. The van der Waals surface area contributed by atoms with Gasteiger partial charge in [-0.25, -0.2) is 4.79 Å². The monoisotopic (exact) mass is 390 g/mol. The van der Waals surface area contributed by atoms with Gasteiger partial charge in [-0.15, -0.1) is 0 Å². The lowest BCUT2D eigenvalue weighted by Gasteiger charge is -2.14. The molecule has 0 radical (unpaired) electrons. The van der Waals surface area contributed by atoms with Crippen LogP contribution >= 0.6 is 11.8 Å². The van der Waals surface area contributed by atoms with Crippen LogP contribution < -0.4 is 25.2 Å². The van der Waals surface area contributed by atoms with E-state index in [-0.39, 0.29) is 22.2 Å². The number of thioether (sulfide) groups is 1. The third-order valence-electron chi connectivity index (χ3n) is 3.49. The number of hydrogen-bond acceptors (Lipinski definition) is 8. The van der Waals surface area contributed by atoms with E-state index in [9.17, 15) is 14.9 Å². The van der Waals surface area contributed by atoms with Crippen LogP contribution in [0, 0.1) is 18.3 Å². The van der Waals surface area contributed by atoms with Gasteiger partial charge in [-0.1, -0.05) is 11.8 Å². The molecule has 2 rings (SSSR count). The van der Waals surface area contributed by atoms with Crippen molar-refractivity contribution in [2.75, 3.05) is 32.4 Å². The summed E-state index contributed by atoms with van der Waals surface area (Å²) in [6, 6.07) is 5.17. The maximum Gasteiger partial charge on any atom is 0.346 e. The summed E-state index contributed by atoms with van der Waals surface area (Å²) in [5.41, 5.74) is 0.523. The Hall–Kier alpha value is -3.19. The zero-order chi connectivity index (χ0) is 20.0. The number of benzene rings is 1. The molecule has 27 heavy (non-hydrogen) atoms. The Labute approximate surface area is 159 Å². The van der Waals surface area contributed by atoms with Crippen LogP contribution in [0.2, 0.25) is 0 Å². The maximum atomic E-state index is 12.3. The smallest absolute Gasteiger partial charge is 0.346 e. The van der Waals surface area contributed by atoms with Gasteiger partial charge in [0.2, 0.25) is 11.7 Å². The van der Waals surface area contributed by atoms with E-state index in [0.29, 0.717) is 28.6 Å². The van der Waals surface area contributed by atoms with Crippen LogP contribution in [-0.4, -0.2) is 43.0 Å². The minimum absolute atomic E-state index is 0.0404. The fourth-order valence-corrected chi connectivity index (χ4v) is 3.11. The van der Waals surface area contributed by atoms with E-state index in [0.717, 1.165) is 11.8 Å². The van der Waals surface area contributed by atoms with Gasteiger partial charge in [-0.2, -0.15) is 10.2 Å². The number of anilines is 1. The number of hydrogen-bond donors (Lipinski definition) is 2. The lowest BCUT2D eigenvalue weighted by Crippen LogP contribution is -2.17. The van der Waals surface area contributed by atoms with Crippen LogP contribution in [0.5, 0.6) is 17.2 Å². The molecule has 1 aromatic heterocycles. The van der Waals surface area contributed by atoms with Crippen LogP contribution in [0.1, 0.15) is 11.3 Å². The van der Waals surface area contributed by atoms with Gasteiger partial charge < -0.3 is 24.5 Å². The molecular weight excluding hydrogens is 372 g/mol. The van der Waals surface area contributed by atoms with Gasteiger partial charge in [0.05, 0.1) is 27.1 Å². The zero-order valence-electron chi connectivity index (χ0n) is 15.2. The van der Waals surface area contributed by atoms with Crippen molar-refractivity contribution in [1.82, 2.24) is 9.97 Å². The van der Waals surface area contributed by atoms with Crippen molar-refractivity contribution in [3.8, 4) is 23.3 Å². The summed E-state index contributed by atoms with van der Waals surface area (Å²) in [5, 5.41) is 12.1. The second-order valence-electron chi connectivity index (χ2n) is 5.21. The molecule has 0 saturated carbocycles. The number of nitrogens with zero attached hydrogens (tertiary/aromatic N) is 2. The van der Waals surface area contributed by atoms with Crippen LogP contribution in [0.4, 0.5) is 5.69 Å². The highest BCUT2D eigenvalue weighted by Crippen LogP contribution is 2.39. The number of ether oxygens (including phenoxy) is 3. The van der Waals surface area contributed by atoms with Gasteiger partial charge in [0.15, 0.2) is 11.5 Å². The highest BCUT2D eigenvalue weighted by molar-refractivity contribution is 8.00. The van der Waals surface area contributed by atoms with E-state index in [1.54, 1.807) is 19.1 Å². The molecule has 0 unspecified atom stereocenters. The lowest BCUT2D eigenvalue weighted by atomic mass is 10.2. The number of nitriles is 1. The van der Waals surface area contributed by atoms with Crippen LogP contribution in [0.3, 0.4) is 0 Å². The minimum Gasteiger partial charge on any atom is -0.493 e. The third kappa shape index (κ3) is 4.71. The second kappa shape index (κ2) is 8.95. The van der Waals surface area contributed by atoms with Crippen molar-refractivity contribution in [3.63, 3.8) is 0 Å². The SMILES string of the molecule is COc1cc(NC(=O)CSc2nc(=O)[nH]c(C)c2C#N)cc(OC)c1OC. The molecule has 1 heterocycles. The first-order chi connectivity index (χ1) is 12.9. The largest absolute Gasteiger partial charge is 0.493 e. The molecule has 0 aliphatic rings. The number of nitrogens with one attached hydrogen (secondary N) is 2. The van der Waals surface area contributed by atoms with Crippen molar-refractivity contribution < 1.29 is 19.0 Å². The van der Waals surface area contributed by atoms with Gasteiger partial charge >= 0.3 is 5.69 Å². The molecule has 0 bridgehead atoms. The molecule has 1 amide bonds. The molecule has 10 heteroatoms. The van der Waals surface area contributed by atoms with E-state index in [2.05, 4.69) is 15.3 Å². The molecule has 2 aromatic rings. The van der Waals surface area contributed by atoms with Gasteiger partial charge in [-0.05, 0) is 6.92 Å². The van der Waals surface area contributed by atoms with Gasteiger partial charge in [0.25, 0.3) is 0 Å². The third-order valence-corrected chi connectivity index (χ3v) is 4.46. The number of carbonyl (C=O) groups excluding carboxylic acids is 1. The van der Waals surface area contributed by atoms with Crippen molar-refractivity contribution in [3.05, 3.63) is 33.9 Å². The Balaban J connectivity index is 2.16. The van der Waals surface area contributed by atoms with Crippen molar-refractivity contribution in [1.29, 1.82) is 5.26 Å². The molecule has 9 nitrogen and oxygen atoms in total. The first-order valence-electron chi connectivity index (χ1n) is 7.67. The second-order valence-corrected chi connectivity index (χ2v) is 6.17. The van der Waals surface area contributed by atoms with Crippen LogP contribution in [-0.2, 0) is 4.79 Å². The van der Waals surface area contributed by atoms with Crippen LogP contribution in [0.15, 0.2) is 22.0 Å². The Morgan fingerprint density at radius 1 is 1.26 bits per heavy atom. The Kier molecular flexibility index (Phi) is 6.67. The standard InChI is InChI=1S/C17H18N4O5S/c1-9-11(7-18)16(21-17(23)19-9)27-8-14(22)20-10-5-12(24-2)15(26-4)13(6-10)25-3/h5-6H,8H2,1-4H3,(H,20,22)(H,19,21,23). The average Bonchev–Trinajstić information content (AvgIpc) is 2.65. The molecule has 0 saturated heterocycles. The summed E-state index contributed by atoms with van der Waals surface area (Å²) >= 11 is 1.00. The minimum atomic E-state index is -0.570. The predicted molar refractivity (Wildman–Crippen MR) is 99.8 cm³/mol. The van der Waals surface area contributed by atoms with Gasteiger partial charge in [0.1, 0.15) is 16.7 Å². The lowest BCUT2D eigenvalue weighted by molar-refractivity contribution is -0.113. The van der Waals surface area contributed by atoms with Gasteiger partial charge in [-0.3, -0.25) is 4.79 Å². The number of aryl methyl sites for hydroxylation is 1. The normalized spacial score (nSPS) is 10.0. The number of carbonyl (C=O) groups is 1. The molecule has 0 spiro atoms. The molecule has 0 atom stereocenters. The molecule has 1 aromatic carbocycles. The summed E-state index contributed by atoms with van der Waals surface area (Å²) in [5.74, 6) is 0.824. The molecular formula is C17H18N4O5S. The highest BCUT2D eigenvalue weighted by atomic mass is 32.2. The highest BCUT2D eigenvalue weighted by Gasteiger charge is 2.16. The quantitative estimate of drug-likeness (QED) is 0.540. The molecule has 0 aliphatic heterocycles. The summed E-state index contributed by atoms with van der Waals surface area (Å²) in [6.07, 6.45) is 0. The van der Waals surface area contributed by atoms with Crippen molar-refractivity contribution in [2.45, 2.75) is 11.9 Å². The molecule has 2 N–H and O–H groups in total. The van der Waals surface area contributed by atoms with E-state index < -0.39 is 5.69 Å². The molecule has 142 valence electrons.